The van der Waals surface area contributed by atoms with Crippen LogP contribution in [-0.4, -0.2) is 94.1 Å². The van der Waals surface area contributed by atoms with Crippen molar-refractivity contribution in [3.8, 4) is 22.5 Å². The van der Waals surface area contributed by atoms with E-state index in [1.807, 2.05) is 24.4 Å². The Morgan fingerprint density at radius 3 is 2.29 bits per heavy atom. The zero-order valence-electron chi connectivity index (χ0n) is 32.4. The quantitative estimate of drug-likeness (QED) is 0.209. The van der Waals surface area contributed by atoms with Crippen molar-refractivity contribution in [2.75, 3.05) is 62.2 Å². The third kappa shape index (κ3) is 6.57. The van der Waals surface area contributed by atoms with E-state index in [9.17, 15) is 19.2 Å². The zero-order chi connectivity index (χ0) is 38.7. The number of amides is 3. The molecule has 3 N–H and O–H groups in total. The smallest absolute Gasteiger partial charge is 0.329 e. The highest BCUT2D eigenvalue weighted by Gasteiger charge is 2.32. The zero-order valence-corrected chi connectivity index (χ0v) is 32.4. The third-order valence-electron chi connectivity index (χ3n) is 12.4. The van der Waals surface area contributed by atoms with E-state index in [1.165, 1.54) is 16.8 Å². The lowest BCUT2D eigenvalue weighted by atomic mass is 9.95. The summed E-state index contributed by atoms with van der Waals surface area (Å²) in [6.45, 7) is 12.2. The predicted octanol–water partition coefficient (Wildman–Crippen LogP) is 4.32. The number of hydrogen-bond donors (Lipinski definition) is 3. The summed E-state index contributed by atoms with van der Waals surface area (Å²) in [5, 5.41) is 5.31. The average molecular weight is 756 g/mol. The summed E-state index contributed by atoms with van der Waals surface area (Å²) in [4.78, 5) is 65.7. The number of piperidine rings is 2. The number of benzene rings is 2. The van der Waals surface area contributed by atoms with Crippen molar-refractivity contribution in [2.45, 2.75) is 52.0 Å². The van der Waals surface area contributed by atoms with Crippen molar-refractivity contribution < 1.29 is 14.4 Å². The van der Waals surface area contributed by atoms with Crippen molar-refractivity contribution in [3.05, 3.63) is 87.6 Å². The molecule has 3 fully saturated rings. The number of nitrogens with zero attached hydrogens (tertiary/aromatic N) is 6. The van der Waals surface area contributed by atoms with Gasteiger partial charge in [-0.2, -0.15) is 0 Å². The first-order chi connectivity index (χ1) is 27.1. The number of aromatic nitrogens is 4. The fraction of sp³-hybridized carbons (Fsp3) is 0.419. The van der Waals surface area contributed by atoms with Crippen LogP contribution >= 0.6 is 0 Å². The van der Waals surface area contributed by atoms with Gasteiger partial charge in [0.05, 0.1) is 22.3 Å². The number of piperazine rings is 1. The number of anilines is 2. The Balaban J connectivity index is 0.805. The molecule has 0 aliphatic carbocycles. The lowest BCUT2D eigenvalue weighted by Crippen LogP contribution is -2.49. The topological polar surface area (TPSA) is 141 Å². The molecule has 9 rings (SSSR count). The predicted molar refractivity (Wildman–Crippen MR) is 217 cm³/mol. The first kappa shape index (κ1) is 36.0. The van der Waals surface area contributed by atoms with Crippen LogP contribution in [0.4, 0.5) is 11.4 Å². The van der Waals surface area contributed by atoms with Gasteiger partial charge in [-0.15, -0.1) is 0 Å². The molecule has 1 atom stereocenters. The minimum absolute atomic E-state index is 0.0167. The molecule has 290 valence electrons. The van der Waals surface area contributed by atoms with Crippen molar-refractivity contribution in [1.29, 1.82) is 0 Å². The third-order valence-corrected chi connectivity index (χ3v) is 12.4. The van der Waals surface area contributed by atoms with Crippen LogP contribution in [0, 0.1) is 19.8 Å². The van der Waals surface area contributed by atoms with Gasteiger partial charge in [-0.3, -0.25) is 38.7 Å². The first-order valence-electron chi connectivity index (χ1n) is 20.0. The molecule has 7 heterocycles. The molecule has 0 bridgehead atoms. The van der Waals surface area contributed by atoms with Gasteiger partial charge in [0.1, 0.15) is 6.04 Å². The molecule has 5 aromatic rings. The Bertz CT molecular complexity index is 2400. The van der Waals surface area contributed by atoms with Gasteiger partial charge in [0, 0.05) is 112 Å². The fourth-order valence-corrected chi connectivity index (χ4v) is 9.48. The highest BCUT2D eigenvalue weighted by atomic mass is 16.2. The summed E-state index contributed by atoms with van der Waals surface area (Å²) >= 11 is 0. The number of imide groups is 1. The van der Waals surface area contributed by atoms with Crippen molar-refractivity contribution in [1.82, 2.24) is 34.6 Å². The van der Waals surface area contributed by atoms with E-state index in [2.05, 4.69) is 74.5 Å². The van der Waals surface area contributed by atoms with Crippen molar-refractivity contribution >= 4 is 40.1 Å². The average Bonchev–Trinajstić information content (AvgIpc) is 3.75. The van der Waals surface area contributed by atoms with Crippen LogP contribution in [0.25, 0.3) is 33.5 Å². The number of aromatic amines is 1. The second kappa shape index (κ2) is 14.4. The normalized spacial score (nSPS) is 19.7. The Labute approximate surface area is 325 Å². The Kier molecular flexibility index (Phi) is 9.27. The molecular formula is C43H49N9O4. The molecule has 13 nitrogen and oxygen atoms in total. The summed E-state index contributed by atoms with van der Waals surface area (Å²) in [5.74, 6) is -0.0803. The minimum Gasteiger partial charge on any atom is -0.371 e. The molecule has 3 saturated heterocycles. The Hall–Kier alpha value is -5.69. The number of fused-ring (bicyclic) bond motifs is 2. The minimum atomic E-state index is -0.678. The van der Waals surface area contributed by atoms with Crippen LogP contribution in [0.1, 0.15) is 58.9 Å². The van der Waals surface area contributed by atoms with Gasteiger partial charge >= 0.3 is 5.69 Å². The molecule has 0 radical (unpaired) electrons. The van der Waals surface area contributed by atoms with E-state index >= 15 is 0 Å². The summed E-state index contributed by atoms with van der Waals surface area (Å²) in [6.07, 6.45) is 5.45. The highest BCUT2D eigenvalue weighted by molar-refractivity contribution is 6.00. The molecule has 0 saturated carbocycles. The number of carbonyl (C=O) groups excluding carboxylic acids is 3. The lowest BCUT2D eigenvalue weighted by molar-refractivity contribution is -0.135. The summed E-state index contributed by atoms with van der Waals surface area (Å²) in [7, 11) is 1.75. The van der Waals surface area contributed by atoms with Crippen LogP contribution in [0.3, 0.4) is 0 Å². The van der Waals surface area contributed by atoms with Gasteiger partial charge in [0.2, 0.25) is 11.8 Å². The van der Waals surface area contributed by atoms with E-state index in [0.29, 0.717) is 18.9 Å². The van der Waals surface area contributed by atoms with Crippen LogP contribution in [-0.2, 0) is 23.1 Å². The largest absolute Gasteiger partial charge is 0.371 e. The maximum Gasteiger partial charge on any atom is 0.329 e. The SMILES string of the molecule is Cc1cc(-c2cc(-c3cc4c([nH]3)CCNC4=O)ccn2)cc(C)c1N1CCN(CC2CCN(c3ccc4c(c3)n(C)c(=O)n4C3CCC(=O)NC3=O)CC2)CC1. The van der Waals surface area contributed by atoms with E-state index in [-0.39, 0.29) is 23.9 Å². The molecular weight excluding hydrogens is 707 g/mol. The number of nitrogens with one attached hydrogen (secondary N) is 3. The van der Waals surface area contributed by atoms with Gasteiger partial charge in [-0.25, -0.2) is 4.79 Å². The molecule has 1 unspecified atom stereocenters. The molecule has 3 aromatic heterocycles. The summed E-state index contributed by atoms with van der Waals surface area (Å²) in [5.41, 5.74) is 11.9. The Morgan fingerprint density at radius 1 is 0.786 bits per heavy atom. The van der Waals surface area contributed by atoms with Crippen LogP contribution in [0.15, 0.2) is 59.5 Å². The number of rotatable bonds is 7. The molecule has 2 aromatic carbocycles. The van der Waals surface area contributed by atoms with Crippen LogP contribution in [0.5, 0.6) is 0 Å². The van der Waals surface area contributed by atoms with E-state index in [4.69, 9.17) is 4.98 Å². The second-order valence-corrected chi connectivity index (χ2v) is 16.0. The molecule has 4 aliphatic heterocycles. The second-order valence-electron chi connectivity index (χ2n) is 16.0. The number of hydrogen-bond acceptors (Lipinski definition) is 8. The molecule has 13 heteroatoms. The van der Waals surface area contributed by atoms with Crippen molar-refractivity contribution in [2.24, 2.45) is 13.0 Å². The maximum atomic E-state index is 13.2. The Morgan fingerprint density at radius 2 is 1.55 bits per heavy atom. The van der Waals surface area contributed by atoms with Gasteiger partial charge in [-0.1, -0.05) is 0 Å². The van der Waals surface area contributed by atoms with Crippen LogP contribution in [0.2, 0.25) is 0 Å². The molecule has 4 aliphatic rings. The molecule has 3 amide bonds. The maximum absolute atomic E-state index is 13.2. The monoisotopic (exact) mass is 755 g/mol. The first-order valence-corrected chi connectivity index (χ1v) is 20.0. The van der Waals surface area contributed by atoms with E-state index in [0.717, 1.165) is 116 Å². The summed E-state index contributed by atoms with van der Waals surface area (Å²) in [6, 6.07) is 16.0. The van der Waals surface area contributed by atoms with Crippen molar-refractivity contribution in [3.63, 3.8) is 0 Å². The number of H-pyrrole nitrogens is 1. The van der Waals surface area contributed by atoms with Crippen LogP contribution < -0.4 is 26.1 Å². The van der Waals surface area contributed by atoms with Gasteiger partial charge in [-0.05, 0) is 98.7 Å². The van der Waals surface area contributed by atoms with Gasteiger partial charge in [0.15, 0.2) is 0 Å². The van der Waals surface area contributed by atoms with Gasteiger partial charge in [0.25, 0.3) is 5.91 Å². The van der Waals surface area contributed by atoms with E-state index in [1.54, 1.807) is 16.2 Å². The number of aryl methyl sites for hydroxylation is 3. The summed E-state index contributed by atoms with van der Waals surface area (Å²) < 4.78 is 3.16. The fourth-order valence-electron chi connectivity index (χ4n) is 9.48. The van der Waals surface area contributed by atoms with Gasteiger partial charge < -0.3 is 20.1 Å². The number of carbonyl (C=O) groups is 3. The molecule has 0 spiro atoms. The number of imidazole rings is 1. The highest BCUT2D eigenvalue weighted by Crippen LogP contribution is 2.34. The number of pyridine rings is 1. The van der Waals surface area contributed by atoms with E-state index < -0.39 is 11.9 Å². The molecule has 56 heavy (non-hydrogen) atoms. The lowest BCUT2D eigenvalue weighted by Gasteiger charge is -2.41. The standard InChI is InChI=1S/C43H49N9O4/c1-26-20-30(34-22-29(8-12-44-34)35-24-32-33(46-35)9-13-45-41(32)54)21-27(2)40(26)51-18-16-49(17-19-51)25-28-10-14-50(15-11-28)31-4-5-36-38(23-31)48(3)43(56)52(36)37-6-7-39(53)47-42(37)55/h4-5,8,12,20-24,28,37,46H,6-7,9-11,13-19,25H2,1-3H3,(H,45,54)(H,47,53,55).